The zero-order chi connectivity index (χ0) is 10.8. The molecule has 1 aromatic rings. The van der Waals surface area contributed by atoms with E-state index in [-0.39, 0.29) is 24.8 Å². The van der Waals surface area contributed by atoms with Gasteiger partial charge in [-0.05, 0) is 30.2 Å². The fraction of sp³-hybridized carbons (Fsp3) is 0.455. The van der Waals surface area contributed by atoms with Crippen LogP contribution in [0.2, 0.25) is 25.7 Å². The van der Waals surface area contributed by atoms with Gasteiger partial charge in [-0.1, -0.05) is 25.7 Å². The average Bonchev–Trinajstić information content (AvgIpc) is 2.05. The second-order valence-electron chi connectivity index (χ2n) is 5.02. The summed E-state index contributed by atoms with van der Waals surface area (Å²) in [6.45, 7) is 7.11. The Labute approximate surface area is 112 Å². The molecular formula is C11H22Cl2N2Si. The maximum atomic E-state index is 5.88. The van der Waals surface area contributed by atoms with Crippen molar-refractivity contribution in [2.24, 2.45) is 0 Å². The number of hydrogen-bond acceptors (Lipinski definition) is 2. The summed E-state index contributed by atoms with van der Waals surface area (Å²) >= 11 is 0. The lowest BCUT2D eigenvalue weighted by Crippen LogP contribution is -2.20. The summed E-state index contributed by atoms with van der Waals surface area (Å²) in [5.41, 5.74) is 14.5. The number of rotatable bonds is 3. The summed E-state index contributed by atoms with van der Waals surface area (Å²) in [5, 5.41) is 0. The van der Waals surface area contributed by atoms with Crippen LogP contribution < -0.4 is 11.5 Å². The summed E-state index contributed by atoms with van der Waals surface area (Å²) in [7, 11) is -0.977. The van der Waals surface area contributed by atoms with Crippen molar-refractivity contribution in [3.8, 4) is 0 Å². The SMILES string of the molecule is C[Si](C)(C)CCc1cc(N)ccc1N.Cl.Cl. The first-order chi connectivity index (χ1) is 6.38. The van der Waals surface area contributed by atoms with Crippen LogP contribution in [-0.4, -0.2) is 8.07 Å². The monoisotopic (exact) mass is 280 g/mol. The number of anilines is 2. The highest BCUT2D eigenvalue weighted by atomic mass is 35.5. The van der Waals surface area contributed by atoms with Crippen molar-refractivity contribution in [3.63, 3.8) is 0 Å². The largest absolute Gasteiger partial charge is 0.399 e. The minimum Gasteiger partial charge on any atom is -0.399 e. The third kappa shape index (κ3) is 6.25. The molecule has 16 heavy (non-hydrogen) atoms. The second-order valence-corrected chi connectivity index (χ2v) is 10.6. The van der Waals surface area contributed by atoms with E-state index in [1.165, 1.54) is 11.6 Å². The Hall–Kier alpha value is -0.383. The zero-order valence-electron chi connectivity index (χ0n) is 10.1. The minimum absolute atomic E-state index is 0. The molecule has 0 bridgehead atoms. The zero-order valence-corrected chi connectivity index (χ0v) is 12.8. The number of aryl methyl sites for hydroxylation is 1. The van der Waals surface area contributed by atoms with E-state index < -0.39 is 8.07 Å². The van der Waals surface area contributed by atoms with E-state index in [1.54, 1.807) is 0 Å². The van der Waals surface area contributed by atoms with Crippen LogP contribution in [0.25, 0.3) is 0 Å². The molecule has 0 atom stereocenters. The first-order valence-electron chi connectivity index (χ1n) is 5.02. The molecule has 0 unspecified atom stereocenters. The van der Waals surface area contributed by atoms with Gasteiger partial charge in [0.05, 0.1) is 0 Å². The molecule has 0 aliphatic heterocycles. The average molecular weight is 281 g/mol. The summed E-state index contributed by atoms with van der Waals surface area (Å²) in [6, 6.07) is 7.01. The molecule has 1 rings (SSSR count). The molecule has 2 nitrogen and oxygen atoms in total. The number of nitrogen functional groups attached to an aromatic ring is 2. The Kier molecular flexibility index (Phi) is 7.92. The van der Waals surface area contributed by atoms with E-state index in [2.05, 4.69) is 19.6 Å². The van der Waals surface area contributed by atoms with Gasteiger partial charge < -0.3 is 11.5 Å². The van der Waals surface area contributed by atoms with Crippen LogP contribution >= 0.6 is 24.8 Å². The van der Waals surface area contributed by atoms with E-state index >= 15 is 0 Å². The van der Waals surface area contributed by atoms with Gasteiger partial charge in [0.2, 0.25) is 0 Å². The van der Waals surface area contributed by atoms with Crippen LogP contribution in [0.3, 0.4) is 0 Å². The van der Waals surface area contributed by atoms with Crippen molar-refractivity contribution in [2.45, 2.75) is 32.1 Å². The predicted molar refractivity (Wildman–Crippen MR) is 81.6 cm³/mol. The Balaban J connectivity index is 0. The third-order valence-corrected chi connectivity index (χ3v) is 4.06. The van der Waals surface area contributed by atoms with Crippen LogP contribution in [-0.2, 0) is 6.42 Å². The van der Waals surface area contributed by atoms with Crippen LogP contribution in [0.5, 0.6) is 0 Å². The molecule has 0 aliphatic rings. The van der Waals surface area contributed by atoms with Crippen LogP contribution in [0.15, 0.2) is 18.2 Å². The molecule has 0 amide bonds. The maximum Gasteiger partial charge on any atom is 0.0445 e. The van der Waals surface area contributed by atoms with Gasteiger partial charge in [0.25, 0.3) is 0 Å². The fourth-order valence-corrected chi connectivity index (χ4v) is 2.37. The summed E-state index contributed by atoms with van der Waals surface area (Å²) in [5.74, 6) is 0. The quantitative estimate of drug-likeness (QED) is 0.657. The molecule has 0 radical (unpaired) electrons. The van der Waals surface area contributed by atoms with Crippen molar-refractivity contribution in [1.29, 1.82) is 0 Å². The topological polar surface area (TPSA) is 52.0 Å². The standard InChI is InChI=1S/C11H20N2Si.2ClH/c1-14(2,3)7-6-9-8-10(12)4-5-11(9)13;;/h4-5,8H,6-7,12-13H2,1-3H3;2*1H. The smallest absolute Gasteiger partial charge is 0.0445 e. The predicted octanol–water partition coefficient (Wildman–Crippen LogP) is 3.58. The van der Waals surface area contributed by atoms with Gasteiger partial charge in [-0.15, -0.1) is 24.8 Å². The summed E-state index contributed by atoms with van der Waals surface area (Å²) < 4.78 is 0. The highest BCUT2D eigenvalue weighted by molar-refractivity contribution is 6.76. The van der Waals surface area contributed by atoms with Gasteiger partial charge in [-0.3, -0.25) is 0 Å². The van der Waals surface area contributed by atoms with Crippen molar-refractivity contribution in [2.75, 3.05) is 11.5 Å². The molecule has 0 aromatic heterocycles. The van der Waals surface area contributed by atoms with Gasteiger partial charge in [0.1, 0.15) is 0 Å². The normalized spacial score (nSPS) is 10.2. The Morgan fingerprint density at radius 3 is 2.12 bits per heavy atom. The Morgan fingerprint density at radius 2 is 1.62 bits per heavy atom. The minimum atomic E-state index is -0.977. The molecule has 94 valence electrons. The van der Waals surface area contributed by atoms with Gasteiger partial charge in [0.15, 0.2) is 0 Å². The van der Waals surface area contributed by atoms with E-state index in [4.69, 9.17) is 11.5 Å². The number of hydrogen-bond donors (Lipinski definition) is 2. The summed E-state index contributed by atoms with van der Waals surface area (Å²) in [6.07, 6.45) is 1.06. The lowest BCUT2D eigenvalue weighted by molar-refractivity contribution is 1.10. The summed E-state index contributed by atoms with van der Waals surface area (Å²) in [4.78, 5) is 0. The molecular weight excluding hydrogens is 259 g/mol. The molecule has 0 spiro atoms. The van der Waals surface area contributed by atoms with Crippen molar-refractivity contribution in [1.82, 2.24) is 0 Å². The first-order valence-corrected chi connectivity index (χ1v) is 8.73. The van der Waals surface area contributed by atoms with Crippen LogP contribution in [0.1, 0.15) is 5.56 Å². The van der Waals surface area contributed by atoms with Crippen molar-refractivity contribution in [3.05, 3.63) is 23.8 Å². The Morgan fingerprint density at radius 1 is 1.06 bits per heavy atom. The Bertz CT molecular complexity index is 324. The van der Waals surface area contributed by atoms with Gasteiger partial charge >= 0.3 is 0 Å². The lowest BCUT2D eigenvalue weighted by Gasteiger charge is -2.16. The van der Waals surface area contributed by atoms with E-state index in [9.17, 15) is 0 Å². The van der Waals surface area contributed by atoms with Crippen LogP contribution in [0.4, 0.5) is 11.4 Å². The molecule has 0 saturated heterocycles. The molecule has 0 aliphatic carbocycles. The van der Waals surface area contributed by atoms with Crippen molar-refractivity contribution >= 4 is 44.3 Å². The van der Waals surface area contributed by atoms with Gasteiger partial charge in [-0.25, -0.2) is 0 Å². The van der Waals surface area contributed by atoms with Gasteiger partial charge in [0, 0.05) is 19.4 Å². The number of halogens is 2. The van der Waals surface area contributed by atoms with Crippen LogP contribution in [0, 0.1) is 0 Å². The highest BCUT2D eigenvalue weighted by Gasteiger charge is 2.13. The molecule has 0 saturated carbocycles. The number of nitrogens with two attached hydrogens (primary N) is 2. The second kappa shape index (κ2) is 7.04. The maximum absolute atomic E-state index is 5.88. The van der Waals surface area contributed by atoms with E-state index in [0.717, 1.165) is 17.8 Å². The fourth-order valence-electron chi connectivity index (χ4n) is 1.35. The van der Waals surface area contributed by atoms with Crippen molar-refractivity contribution < 1.29 is 0 Å². The molecule has 1 aromatic carbocycles. The molecule has 0 fully saturated rings. The molecule has 5 heteroatoms. The third-order valence-electron chi connectivity index (χ3n) is 2.31. The highest BCUT2D eigenvalue weighted by Crippen LogP contribution is 2.20. The number of benzene rings is 1. The van der Waals surface area contributed by atoms with Gasteiger partial charge in [-0.2, -0.15) is 0 Å². The molecule has 0 heterocycles. The van der Waals surface area contributed by atoms with E-state index in [1.807, 2.05) is 18.2 Å². The van der Waals surface area contributed by atoms with E-state index in [0.29, 0.717) is 0 Å². The first kappa shape index (κ1) is 18.0. The lowest BCUT2D eigenvalue weighted by atomic mass is 10.1. The molecule has 4 N–H and O–H groups in total.